The highest BCUT2D eigenvalue weighted by molar-refractivity contribution is 6.01. The largest absolute Gasteiger partial charge is 0.573 e. The predicted molar refractivity (Wildman–Crippen MR) is 136 cm³/mol. The van der Waals surface area contributed by atoms with Crippen LogP contribution in [0.15, 0.2) is 60.8 Å². The molecule has 0 aliphatic heterocycles. The molecule has 198 valence electrons. The zero-order chi connectivity index (χ0) is 26.9. The first-order valence-corrected chi connectivity index (χ1v) is 12.5. The van der Waals surface area contributed by atoms with Crippen molar-refractivity contribution in [3.63, 3.8) is 0 Å². The van der Waals surface area contributed by atoms with Gasteiger partial charge in [0, 0.05) is 29.4 Å². The Morgan fingerprint density at radius 2 is 1.84 bits per heavy atom. The third kappa shape index (κ3) is 5.66. The van der Waals surface area contributed by atoms with Crippen LogP contribution in [0.3, 0.4) is 0 Å². The second-order valence-corrected chi connectivity index (χ2v) is 9.77. The molecule has 4 aromatic rings. The maximum atomic E-state index is 13.9. The quantitative estimate of drug-likeness (QED) is 0.260. The van der Waals surface area contributed by atoms with E-state index in [4.69, 9.17) is 0 Å². The van der Waals surface area contributed by atoms with Crippen molar-refractivity contribution in [1.82, 2.24) is 15.3 Å². The summed E-state index contributed by atoms with van der Waals surface area (Å²) >= 11 is 0. The number of pyridine rings is 1. The second kappa shape index (κ2) is 10.5. The molecule has 0 saturated heterocycles. The predicted octanol–water partition coefficient (Wildman–Crippen LogP) is 7.28. The molecular weight excluding hydrogens is 498 g/mol. The summed E-state index contributed by atoms with van der Waals surface area (Å²) in [5.41, 5.74) is 3.22. The Morgan fingerprint density at radius 3 is 2.61 bits per heavy atom. The lowest BCUT2D eigenvalue weighted by molar-refractivity contribution is -0.274. The zero-order valence-electron chi connectivity index (χ0n) is 20.7. The van der Waals surface area contributed by atoms with Crippen molar-refractivity contribution in [1.29, 1.82) is 0 Å². The van der Waals surface area contributed by atoms with E-state index in [1.165, 1.54) is 24.3 Å². The van der Waals surface area contributed by atoms with Gasteiger partial charge in [0.2, 0.25) is 0 Å². The van der Waals surface area contributed by atoms with Crippen molar-refractivity contribution in [3.8, 4) is 17.0 Å². The van der Waals surface area contributed by atoms with E-state index in [-0.39, 0.29) is 40.2 Å². The number of alkyl halides is 3. The van der Waals surface area contributed by atoms with Gasteiger partial charge in [-0.25, -0.2) is 4.39 Å². The van der Waals surface area contributed by atoms with Gasteiger partial charge in [0.05, 0.1) is 16.8 Å². The average molecular weight is 526 g/mol. The number of hydrogen-bond donors (Lipinski definition) is 2. The van der Waals surface area contributed by atoms with E-state index in [9.17, 15) is 22.4 Å². The van der Waals surface area contributed by atoms with Crippen LogP contribution >= 0.6 is 0 Å². The fourth-order valence-corrected chi connectivity index (χ4v) is 5.37. The van der Waals surface area contributed by atoms with Gasteiger partial charge in [-0.3, -0.25) is 9.78 Å². The Hall–Kier alpha value is -3.88. The molecule has 2 heterocycles. The Balaban J connectivity index is 1.25. The highest BCUT2D eigenvalue weighted by atomic mass is 19.4. The van der Waals surface area contributed by atoms with Crippen molar-refractivity contribution in [2.45, 2.75) is 44.9 Å². The van der Waals surface area contributed by atoms with Crippen LogP contribution in [0, 0.1) is 18.7 Å². The van der Waals surface area contributed by atoms with Crippen LogP contribution in [0.1, 0.15) is 53.2 Å². The lowest BCUT2D eigenvalue weighted by atomic mass is 9.78. The second-order valence-electron chi connectivity index (χ2n) is 9.77. The van der Waals surface area contributed by atoms with Gasteiger partial charge in [-0.05, 0) is 92.5 Å². The number of nitrogens with one attached hydrogen (secondary N) is 2. The van der Waals surface area contributed by atoms with Gasteiger partial charge in [0.1, 0.15) is 11.6 Å². The number of carbonyl (C=O) groups excluding carboxylic acids is 1. The smallest absolute Gasteiger partial charge is 0.405 e. The van der Waals surface area contributed by atoms with Crippen molar-refractivity contribution in [3.05, 3.63) is 83.4 Å². The molecule has 0 radical (unpaired) electrons. The first-order chi connectivity index (χ1) is 18.2. The SMILES string of the molecule is Cc1cc(C(=O)NCC2CCC(c3ccnc4ccc(F)cc34)CC2)c(-c2ccccc2OC(F)(F)F)[nH]1. The van der Waals surface area contributed by atoms with Crippen molar-refractivity contribution in [2.75, 3.05) is 6.54 Å². The van der Waals surface area contributed by atoms with Gasteiger partial charge in [-0.2, -0.15) is 0 Å². The summed E-state index contributed by atoms with van der Waals surface area (Å²) < 4.78 is 56.8. The summed E-state index contributed by atoms with van der Waals surface area (Å²) in [7, 11) is 0. The molecular formula is C29H27F4N3O2. The molecule has 0 atom stereocenters. The molecule has 5 rings (SSSR count). The standard InChI is InChI=1S/C29H27F4N3O2/c1-17-14-24(27(36-17)22-4-2-3-5-26(22)38-29(31,32)33)28(37)35-16-18-6-8-19(9-7-18)21-12-13-34-25-11-10-20(30)15-23(21)25/h2-5,10-15,18-19,36H,6-9,16H2,1H3,(H,35,37). The number of nitrogens with zero attached hydrogens (tertiary/aromatic N) is 1. The molecule has 2 N–H and O–H groups in total. The number of carbonyl (C=O) groups is 1. The monoisotopic (exact) mass is 525 g/mol. The number of rotatable bonds is 6. The number of ether oxygens (including phenoxy) is 1. The van der Waals surface area contributed by atoms with Crippen molar-refractivity contribution in [2.24, 2.45) is 5.92 Å². The summed E-state index contributed by atoms with van der Waals surface area (Å²) in [4.78, 5) is 20.5. The zero-order valence-corrected chi connectivity index (χ0v) is 20.7. The van der Waals surface area contributed by atoms with Crippen molar-refractivity contribution < 1.29 is 27.1 Å². The molecule has 0 spiro atoms. The number of benzene rings is 2. The molecule has 2 aromatic heterocycles. The maximum absolute atomic E-state index is 13.9. The van der Waals surface area contributed by atoms with E-state index in [0.29, 0.717) is 18.2 Å². The number of H-pyrrole nitrogens is 1. The number of fused-ring (bicyclic) bond motifs is 1. The Kier molecular flexibility index (Phi) is 7.10. The van der Waals surface area contributed by atoms with Crippen LogP contribution in [0.5, 0.6) is 5.75 Å². The molecule has 2 aromatic carbocycles. The lowest BCUT2D eigenvalue weighted by Gasteiger charge is -2.29. The molecule has 5 nitrogen and oxygen atoms in total. The fourth-order valence-electron chi connectivity index (χ4n) is 5.37. The number of aryl methyl sites for hydroxylation is 1. The van der Waals surface area contributed by atoms with Crippen LogP contribution in [-0.4, -0.2) is 28.8 Å². The highest BCUT2D eigenvalue weighted by Gasteiger charge is 2.33. The van der Waals surface area contributed by atoms with E-state index in [1.54, 1.807) is 37.4 Å². The van der Waals surface area contributed by atoms with E-state index < -0.39 is 6.36 Å². The number of aromatic amines is 1. The van der Waals surface area contributed by atoms with Gasteiger partial charge in [0.15, 0.2) is 0 Å². The average Bonchev–Trinajstić information content (AvgIpc) is 3.28. The van der Waals surface area contributed by atoms with E-state index >= 15 is 0 Å². The molecule has 9 heteroatoms. The number of aromatic nitrogens is 2. The maximum Gasteiger partial charge on any atom is 0.573 e. The van der Waals surface area contributed by atoms with E-state index in [0.717, 1.165) is 42.1 Å². The Labute approximate surface area is 217 Å². The van der Waals surface area contributed by atoms with Crippen LogP contribution in [-0.2, 0) is 0 Å². The molecule has 0 unspecified atom stereocenters. The van der Waals surface area contributed by atoms with E-state index in [1.807, 2.05) is 6.07 Å². The fraction of sp³-hybridized carbons (Fsp3) is 0.310. The molecule has 1 aliphatic rings. The van der Waals surface area contributed by atoms with E-state index in [2.05, 4.69) is 20.0 Å². The summed E-state index contributed by atoms with van der Waals surface area (Å²) in [6, 6.07) is 14.0. The summed E-state index contributed by atoms with van der Waals surface area (Å²) in [6.07, 6.45) is 0.516. The van der Waals surface area contributed by atoms with Gasteiger partial charge in [-0.1, -0.05) is 12.1 Å². The third-order valence-electron chi connectivity index (χ3n) is 7.15. The highest BCUT2D eigenvalue weighted by Crippen LogP contribution is 2.39. The van der Waals surface area contributed by atoms with Crippen LogP contribution in [0.25, 0.3) is 22.2 Å². The summed E-state index contributed by atoms with van der Waals surface area (Å²) in [6.45, 7) is 2.20. The van der Waals surface area contributed by atoms with Crippen molar-refractivity contribution >= 4 is 16.8 Å². The number of halogens is 4. The lowest BCUT2D eigenvalue weighted by Crippen LogP contribution is -2.31. The molecule has 1 saturated carbocycles. The minimum Gasteiger partial charge on any atom is -0.405 e. The first kappa shape index (κ1) is 25.8. The number of para-hydroxylation sites is 1. The summed E-state index contributed by atoms with van der Waals surface area (Å²) in [5.74, 6) is -0.459. The molecule has 1 fully saturated rings. The Bertz CT molecular complexity index is 1460. The third-order valence-corrected chi connectivity index (χ3v) is 7.15. The minimum absolute atomic E-state index is 0.157. The number of amides is 1. The van der Waals surface area contributed by atoms with Gasteiger partial charge in [0.25, 0.3) is 5.91 Å². The van der Waals surface area contributed by atoms with Gasteiger partial charge >= 0.3 is 6.36 Å². The van der Waals surface area contributed by atoms with Crippen LogP contribution < -0.4 is 10.1 Å². The normalized spacial score (nSPS) is 17.9. The molecule has 0 bridgehead atoms. The molecule has 1 aliphatic carbocycles. The topological polar surface area (TPSA) is 67.0 Å². The summed E-state index contributed by atoms with van der Waals surface area (Å²) in [5, 5.41) is 3.81. The molecule has 1 amide bonds. The number of hydrogen-bond acceptors (Lipinski definition) is 3. The van der Waals surface area contributed by atoms with Gasteiger partial charge in [-0.15, -0.1) is 13.2 Å². The Morgan fingerprint density at radius 1 is 1.08 bits per heavy atom. The molecule has 38 heavy (non-hydrogen) atoms. The van der Waals surface area contributed by atoms with Gasteiger partial charge < -0.3 is 15.0 Å². The minimum atomic E-state index is -4.85. The van der Waals surface area contributed by atoms with Crippen LogP contribution in [0.4, 0.5) is 17.6 Å². The van der Waals surface area contributed by atoms with Crippen LogP contribution in [0.2, 0.25) is 0 Å². The first-order valence-electron chi connectivity index (χ1n) is 12.5.